The van der Waals surface area contributed by atoms with E-state index in [0.29, 0.717) is 69.8 Å². The molecule has 2 aromatic carbocycles. The van der Waals surface area contributed by atoms with Crippen molar-refractivity contribution >= 4 is 57.6 Å². The first kappa shape index (κ1) is 42.1. The molecule has 2 amide bonds. The molecular formula is C52H62N8O6. The molecule has 8 aliphatic rings. The summed E-state index contributed by atoms with van der Waals surface area (Å²) in [6.45, 7) is 5.48. The molecule has 1 spiro atoms. The smallest absolute Gasteiger partial charge is 0.230 e. The van der Waals surface area contributed by atoms with Crippen molar-refractivity contribution in [2.24, 2.45) is 17.8 Å². The van der Waals surface area contributed by atoms with Crippen LogP contribution in [0.5, 0.6) is 0 Å². The Balaban J connectivity index is 0.817. The number of carbonyl (C=O) groups excluding carboxylic acids is 2. The summed E-state index contributed by atoms with van der Waals surface area (Å²) in [5.74, 6) is 2.17. The van der Waals surface area contributed by atoms with Crippen molar-refractivity contribution in [1.29, 1.82) is 0 Å². The van der Waals surface area contributed by atoms with Gasteiger partial charge >= 0.3 is 0 Å². The van der Waals surface area contributed by atoms with Gasteiger partial charge in [-0.1, -0.05) is 12.1 Å². The van der Waals surface area contributed by atoms with Gasteiger partial charge in [-0.05, 0) is 131 Å². The predicted octanol–water partition coefficient (Wildman–Crippen LogP) is 8.43. The molecule has 6 heterocycles. The van der Waals surface area contributed by atoms with Gasteiger partial charge in [0.15, 0.2) is 5.82 Å². The summed E-state index contributed by atoms with van der Waals surface area (Å²) in [7, 11) is 1.77. The van der Waals surface area contributed by atoms with Crippen LogP contribution in [0.15, 0.2) is 73.1 Å². The van der Waals surface area contributed by atoms with Gasteiger partial charge in [0.1, 0.15) is 5.82 Å². The van der Waals surface area contributed by atoms with Crippen LogP contribution in [0.4, 0.5) is 45.8 Å². The summed E-state index contributed by atoms with van der Waals surface area (Å²) < 4.78 is 17.9. The van der Waals surface area contributed by atoms with E-state index in [9.17, 15) is 4.79 Å². The lowest BCUT2D eigenvalue weighted by Gasteiger charge is -2.38. The minimum absolute atomic E-state index is 0.0453. The first-order valence-electron chi connectivity index (χ1n) is 24.7. The number of morpholine rings is 2. The highest BCUT2D eigenvalue weighted by molar-refractivity contribution is 6.01. The number of benzene rings is 2. The zero-order chi connectivity index (χ0) is 44.4. The number of amides is 2. The Morgan fingerprint density at radius 3 is 2.18 bits per heavy atom. The fourth-order valence-electron chi connectivity index (χ4n) is 11.7. The monoisotopic (exact) mass is 894 g/mol. The van der Waals surface area contributed by atoms with Crippen LogP contribution in [0.25, 0.3) is 0 Å². The standard InChI is InChI=1S/C52H62N8O6/c1-63-41-14-8-35(9-15-41)51(62)59-31-38-5-3-23-54-49(38)60(44-19-13-39(28-46(44)59)56-24-27-65-52(33-56)20-21-52)66-42-16-10-36(11-17-42)50(61)58-30-37-4-2-22-53-48(37)55-43-18-12-40(29-45(43)58)57-25-26-64-32-47(57)34-6-7-34/h2-5,12-13,18-19,22-23,28-29,34-36,41-42,47H,6-11,14-17,20-21,24-27,30-33H2,1H3,(H,53,55). The largest absolute Gasteiger partial charge is 0.381 e. The maximum absolute atomic E-state index is 15.0. The van der Waals surface area contributed by atoms with Gasteiger partial charge < -0.3 is 39.1 Å². The first-order valence-corrected chi connectivity index (χ1v) is 24.7. The molecule has 4 saturated carbocycles. The van der Waals surface area contributed by atoms with Crippen molar-refractivity contribution < 1.29 is 28.6 Å². The Hall–Kier alpha value is -5.28. The predicted molar refractivity (Wildman–Crippen MR) is 254 cm³/mol. The van der Waals surface area contributed by atoms with Crippen molar-refractivity contribution in [3.8, 4) is 0 Å². The van der Waals surface area contributed by atoms with Crippen LogP contribution in [0, 0.1) is 17.8 Å². The molecule has 14 nitrogen and oxygen atoms in total. The lowest BCUT2D eigenvalue weighted by atomic mass is 9.86. The van der Waals surface area contributed by atoms with E-state index >= 15 is 4.79 Å². The van der Waals surface area contributed by atoms with Crippen molar-refractivity contribution in [3.63, 3.8) is 0 Å². The van der Waals surface area contributed by atoms with E-state index in [1.54, 1.807) is 13.3 Å². The molecular weight excluding hydrogens is 833 g/mol. The zero-order valence-corrected chi connectivity index (χ0v) is 38.1. The van der Waals surface area contributed by atoms with Crippen molar-refractivity contribution in [2.45, 2.75) is 114 Å². The second-order valence-electron chi connectivity index (χ2n) is 20.1. The second kappa shape index (κ2) is 17.4. The number of pyridine rings is 2. The van der Waals surface area contributed by atoms with Crippen molar-refractivity contribution in [3.05, 3.63) is 84.2 Å². The highest BCUT2D eigenvalue weighted by atomic mass is 16.7. The number of rotatable bonds is 8. The van der Waals surface area contributed by atoms with Gasteiger partial charge in [0.25, 0.3) is 0 Å². The van der Waals surface area contributed by atoms with E-state index in [0.717, 1.165) is 116 Å². The molecule has 4 aromatic rings. The molecule has 2 saturated heterocycles. The first-order chi connectivity index (χ1) is 32.4. The fraction of sp³-hybridized carbons (Fsp3) is 0.538. The number of nitrogens with zero attached hydrogens (tertiary/aromatic N) is 7. The van der Waals surface area contributed by atoms with E-state index in [4.69, 9.17) is 24.0 Å². The lowest BCUT2D eigenvalue weighted by Crippen LogP contribution is -2.47. The number of fused-ring (bicyclic) bond motifs is 4. The van der Waals surface area contributed by atoms with E-state index in [2.05, 4.69) is 68.6 Å². The Labute approximate surface area is 387 Å². The van der Waals surface area contributed by atoms with Crippen LogP contribution in [0.1, 0.15) is 88.2 Å². The minimum atomic E-state index is -0.170. The molecule has 346 valence electrons. The zero-order valence-electron chi connectivity index (χ0n) is 38.1. The van der Waals surface area contributed by atoms with Gasteiger partial charge in [-0.15, -0.1) is 0 Å². The van der Waals surface area contributed by atoms with E-state index in [-0.39, 0.29) is 41.5 Å². The molecule has 1 unspecified atom stereocenters. The number of hydrogen-bond donors (Lipinski definition) is 1. The number of carbonyl (C=O) groups is 2. The molecule has 6 fully saturated rings. The van der Waals surface area contributed by atoms with Crippen LogP contribution in [0.2, 0.25) is 0 Å². The van der Waals surface area contributed by atoms with E-state index < -0.39 is 0 Å². The number of hydrogen-bond acceptors (Lipinski definition) is 12. The fourth-order valence-corrected chi connectivity index (χ4v) is 11.7. The highest BCUT2D eigenvalue weighted by Gasteiger charge is 2.48. The molecule has 0 bridgehead atoms. The van der Waals surface area contributed by atoms with Crippen LogP contribution in [-0.2, 0) is 41.7 Å². The van der Waals surface area contributed by atoms with Gasteiger partial charge in [0.2, 0.25) is 11.8 Å². The molecule has 1 N–H and O–H groups in total. The second-order valence-corrected chi connectivity index (χ2v) is 20.1. The Kier molecular flexibility index (Phi) is 11.1. The minimum Gasteiger partial charge on any atom is -0.381 e. The number of methoxy groups -OCH3 is 1. The van der Waals surface area contributed by atoms with Crippen LogP contribution in [0.3, 0.4) is 0 Å². The molecule has 0 radical (unpaired) electrons. The number of aromatic nitrogens is 2. The average molecular weight is 895 g/mol. The third-order valence-corrected chi connectivity index (χ3v) is 15.9. The van der Waals surface area contributed by atoms with Crippen molar-refractivity contribution in [1.82, 2.24) is 9.97 Å². The topological polar surface area (TPSA) is 125 Å². The van der Waals surface area contributed by atoms with Crippen molar-refractivity contribution in [2.75, 3.05) is 76.5 Å². The molecule has 4 aliphatic heterocycles. The third-order valence-electron chi connectivity index (χ3n) is 15.9. The van der Waals surface area contributed by atoms with E-state index in [1.807, 2.05) is 33.2 Å². The molecule has 4 aliphatic carbocycles. The van der Waals surface area contributed by atoms with E-state index in [1.165, 1.54) is 12.8 Å². The summed E-state index contributed by atoms with van der Waals surface area (Å²) in [5.41, 5.74) is 7.55. The average Bonchev–Trinajstić information content (AvgIpc) is 4.32. The molecule has 14 heteroatoms. The molecule has 66 heavy (non-hydrogen) atoms. The third kappa shape index (κ3) is 8.07. The summed E-state index contributed by atoms with van der Waals surface area (Å²) >= 11 is 0. The molecule has 12 rings (SSSR count). The molecule has 1 atom stereocenters. The summed E-state index contributed by atoms with van der Waals surface area (Å²) in [6, 6.07) is 21.4. The van der Waals surface area contributed by atoms with Gasteiger partial charge in [-0.25, -0.2) is 15.0 Å². The summed E-state index contributed by atoms with van der Waals surface area (Å²) in [6.07, 6.45) is 14.5. The van der Waals surface area contributed by atoms with Crippen LogP contribution < -0.4 is 30.0 Å². The Bertz CT molecular complexity index is 2460. The van der Waals surface area contributed by atoms with Gasteiger partial charge in [-0.2, -0.15) is 0 Å². The number of anilines is 8. The Morgan fingerprint density at radius 1 is 0.727 bits per heavy atom. The lowest BCUT2D eigenvalue weighted by molar-refractivity contribution is -0.125. The number of nitrogens with one attached hydrogen (secondary N) is 1. The summed E-state index contributed by atoms with van der Waals surface area (Å²) in [5, 5.41) is 5.49. The normalized spacial score (nSPS) is 26.9. The number of ether oxygens (including phenoxy) is 3. The van der Waals surface area contributed by atoms with Crippen LogP contribution in [-0.4, -0.2) is 92.2 Å². The highest BCUT2D eigenvalue weighted by Crippen LogP contribution is 2.48. The summed E-state index contributed by atoms with van der Waals surface area (Å²) in [4.78, 5) is 55.5. The van der Waals surface area contributed by atoms with Gasteiger partial charge in [0, 0.05) is 73.5 Å². The maximum atomic E-state index is 15.0. The van der Waals surface area contributed by atoms with Gasteiger partial charge in [-0.3, -0.25) is 14.4 Å². The van der Waals surface area contributed by atoms with Gasteiger partial charge in [0.05, 0.1) is 79.5 Å². The van der Waals surface area contributed by atoms with Crippen LogP contribution >= 0.6 is 0 Å². The quantitative estimate of drug-likeness (QED) is 0.183. The Morgan fingerprint density at radius 2 is 1.42 bits per heavy atom. The SMILES string of the molecule is COC1CCC(C(=O)N2Cc3cccnc3N(OC3CCC(C(=O)N4Cc5cccnc5Nc5ccc(N6CCOCC6C6CC6)cc54)CC3)c3ccc(N4CCOC5(CC5)C4)cc32)CC1. The molecule has 2 aromatic heterocycles. The maximum Gasteiger partial charge on any atom is 0.230 e.